The van der Waals surface area contributed by atoms with Crippen LogP contribution < -0.4 is 21.8 Å². The molecule has 1 aliphatic carbocycles. The number of fused-ring (bicyclic) bond motifs is 1. The molecular formula is C29H34N6O3. The van der Waals surface area contributed by atoms with Crippen LogP contribution in [0, 0.1) is 18.8 Å². The first-order chi connectivity index (χ1) is 18.3. The van der Waals surface area contributed by atoms with Crippen molar-refractivity contribution in [3.63, 3.8) is 0 Å². The van der Waals surface area contributed by atoms with Crippen LogP contribution >= 0.6 is 0 Å². The number of primary amides is 1. The second-order valence-corrected chi connectivity index (χ2v) is 10.1. The summed E-state index contributed by atoms with van der Waals surface area (Å²) in [4.78, 5) is 30.3. The number of aromatic nitrogens is 4. The quantitative estimate of drug-likeness (QED) is 0.326. The van der Waals surface area contributed by atoms with Crippen molar-refractivity contribution in [3.05, 3.63) is 69.9 Å². The number of ether oxygens (including phenoxy) is 1. The van der Waals surface area contributed by atoms with Crippen LogP contribution in [0.4, 0.5) is 5.69 Å². The van der Waals surface area contributed by atoms with Crippen LogP contribution in [0.3, 0.4) is 0 Å². The normalized spacial score (nSPS) is 16.9. The van der Waals surface area contributed by atoms with E-state index in [1.54, 1.807) is 15.1 Å². The lowest BCUT2D eigenvalue weighted by atomic mass is 9.72. The zero-order valence-corrected chi connectivity index (χ0v) is 22.1. The van der Waals surface area contributed by atoms with Gasteiger partial charge in [-0.05, 0) is 75.3 Å². The molecule has 198 valence electrons. The Kier molecular flexibility index (Phi) is 6.93. The highest BCUT2D eigenvalue weighted by Gasteiger charge is 2.33. The van der Waals surface area contributed by atoms with Gasteiger partial charge in [-0.1, -0.05) is 25.1 Å². The second kappa shape index (κ2) is 10.3. The molecule has 5 rings (SSSR count). The summed E-state index contributed by atoms with van der Waals surface area (Å²) in [6.07, 6.45) is 3.95. The summed E-state index contributed by atoms with van der Waals surface area (Å²) in [5.41, 5.74) is 15.5. The summed E-state index contributed by atoms with van der Waals surface area (Å²) in [5.74, 6) is 1.92. The average Bonchev–Trinajstić information content (AvgIpc) is 3.17. The minimum absolute atomic E-state index is 0.0426. The number of rotatable bonds is 9. The molecule has 1 fully saturated rings. The first kappa shape index (κ1) is 25.5. The van der Waals surface area contributed by atoms with Gasteiger partial charge in [-0.3, -0.25) is 14.2 Å². The van der Waals surface area contributed by atoms with E-state index in [-0.39, 0.29) is 17.4 Å². The molecule has 0 atom stereocenters. The Morgan fingerprint density at radius 1 is 1.16 bits per heavy atom. The van der Waals surface area contributed by atoms with Gasteiger partial charge in [-0.2, -0.15) is 0 Å². The molecule has 1 amide bonds. The summed E-state index contributed by atoms with van der Waals surface area (Å²) in [6, 6.07) is 13.3. The molecule has 9 nitrogen and oxygen atoms in total. The second-order valence-electron chi connectivity index (χ2n) is 10.1. The van der Waals surface area contributed by atoms with Crippen LogP contribution in [-0.4, -0.2) is 31.7 Å². The maximum Gasteiger partial charge on any atom is 0.284 e. The van der Waals surface area contributed by atoms with Crippen LogP contribution in [-0.2, 0) is 17.6 Å². The maximum absolute atomic E-state index is 14.1. The number of nitrogens with zero attached hydrogens (tertiary/aromatic N) is 4. The van der Waals surface area contributed by atoms with E-state index in [1.807, 2.05) is 50.2 Å². The molecule has 0 radical (unpaired) electrons. The van der Waals surface area contributed by atoms with Gasteiger partial charge in [0.05, 0.1) is 29.2 Å². The Bertz CT molecular complexity index is 1560. The molecule has 4 aromatic rings. The van der Waals surface area contributed by atoms with E-state index >= 15 is 0 Å². The van der Waals surface area contributed by atoms with Crippen molar-refractivity contribution < 1.29 is 9.53 Å². The van der Waals surface area contributed by atoms with Gasteiger partial charge in [0.1, 0.15) is 11.6 Å². The van der Waals surface area contributed by atoms with E-state index in [9.17, 15) is 9.59 Å². The predicted octanol–water partition coefficient (Wildman–Crippen LogP) is 3.84. The van der Waals surface area contributed by atoms with E-state index < -0.39 is 0 Å². The fraction of sp³-hybridized carbons (Fsp3) is 0.379. The number of imidazole rings is 1. The van der Waals surface area contributed by atoms with Gasteiger partial charge in [0.15, 0.2) is 11.3 Å². The van der Waals surface area contributed by atoms with Gasteiger partial charge in [-0.15, -0.1) is 5.10 Å². The van der Waals surface area contributed by atoms with E-state index in [0.717, 1.165) is 37.1 Å². The third-order valence-corrected chi connectivity index (χ3v) is 7.31. The number of hydrogen-bond donors (Lipinski definition) is 2. The van der Waals surface area contributed by atoms with Crippen molar-refractivity contribution in [2.24, 2.45) is 17.6 Å². The maximum atomic E-state index is 14.1. The Labute approximate surface area is 221 Å². The van der Waals surface area contributed by atoms with Crippen molar-refractivity contribution in [1.82, 2.24) is 19.2 Å². The third kappa shape index (κ3) is 4.53. The Hall–Kier alpha value is -4.14. The molecule has 1 saturated carbocycles. The number of carbonyl (C=O) groups is 1. The molecule has 2 aromatic heterocycles. The van der Waals surface area contributed by atoms with E-state index in [0.29, 0.717) is 58.7 Å². The molecule has 0 aliphatic heterocycles. The first-order valence-corrected chi connectivity index (χ1v) is 13.2. The molecule has 2 heterocycles. The Balaban J connectivity index is 1.73. The lowest BCUT2D eigenvalue weighted by Crippen LogP contribution is -2.35. The molecule has 2 aromatic carbocycles. The number of hydrogen-bond acceptors (Lipinski definition) is 6. The van der Waals surface area contributed by atoms with Crippen LogP contribution in [0.1, 0.15) is 50.2 Å². The number of para-hydroxylation sites is 2. The monoisotopic (exact) mass is 514 g/mol. The molecule has 1 aliphatic rings. The van der Waals surface area contributed by atoms with Gasteiger partial charge in [0.25, 0.3) is 5.56 Å². The summed E-state index contributed by atoms with van der Waals surface area (Å²) in [7, 11) is 0. The number of carbonyl (C=O) groups excluding carboxylic acids is 1. The lowest BCUT2D eigenvalue weighted by molar-refractivity contribution is -0.125. The minimum atomic E-state index is -0.239. The lowest BCUT2D eigenvalue weighted by Gasteiger charge is -2.33. The number of nitrogens with two attached hydrogens (primary N) is 2. The fourth-order valence-corrected chi connectivity index (χ4v) is 5.37. The molecule has 0 saturated heterocycles. The number of aryl methyl sites for hydroxylation is 2. The number of amides is 1. The summed E-state index contributed by atoms with van der Waals surface area (Å²) < 4.78 is 9.27. The molecule has 4 N–H and O–H groups in total. The van der Waals surface area contributed by atoms with Crippen molar-refractivity contribution in [2.45, 2.75) is 52.9 Å². The first-order valence-electron chi connectivity index (χ1n) is 13.2. The van der Waals surface area contributed by atoms with Gasteiger partial charge < -0.3 is 16.2 Å². The summed E-state index contributed by atoms with van der Waals surface area (Å²) in [6.45, 7) is 6.29. The zero-order valence-electron chi connectivity index (χ0n) is 22.1. The fourth-order valence-electron chi connectivity index (χ4n) is 5.37. The van der Waals surface area contributed by atoms with Gasteiger partial charge in [0.2, 0.25) is 5.91 Å². The Morgan fingerprint density at radius 3 is 2.61 bits per heavy atom. The SMILES string of the molecule is CCCc1nc(C)c2c(=O)n(-c3ccccc3N)c(-c3cc(CC4CC(C(N)=O)C4)ccc3OCC)nn12. The topological polar surface area (TPSA) is 131 Å². The molecule has 0 bridgehead atoms. The van der Waals surface area contributed by atoms with Gasteiger partial charge in [0, 0.05) is 12.3 Å². The van der Waals surface area contributed by atoms with E-state index in [2.05, 4.69) is 11.9 Å². The minimum Gasteiger partial charge on any atom is -0.493 e. The van der Waals surface area contributed by atoms with Crippen molar-refractivity contribution >= 4 is 17.1 Å². The number of benzene rings is 2. The highest BCUT2D eigenvalue weighted by Crippen LogP contribution is 2.38. The molecule has 0 unspecified atom stereocenters. The highest BCUT2D eigenvalue weighted by molar-refractivity contribution is 5.77. The van der Waals surface area contributed by atoms with Crippen molar-refractivity contribution in [2.75, 3.05) is 12.3 Å². The van der Waals surface area contributed by atoms with Crippen LogP contribution in [0.25, 0.3) is 22.6 Å². The molecule has 38 heavy (non-hydrogen) atoms. The van der Waals surface area contributed by atoms with E-state index in [1.165, 1.54) is 0 Å². The molecule has 9 heteroatoms. The predicted molar refractivity (Wildman–Crippen MR) is 147 cm³/mol. The molecular weight excluding hydrogens is 480 g/mol. The highest BCUT2D eigenvalue weighted by atomic mass is 16.5. The largest absolute Gasteiger partial charge is 0.493 e. The van der Waals surface area contributed by atoms with E-state index in [4.69, 9.17) is 21.3 Å². The Morgan fingerprint density at radius 2 is 1.92 bits per heavy atom. The van der Waals surface area contributed by atoms with Crippen LogP contribution in [0.2, 0.25) is 0 Å². The average molecular weight is 515 g/mol. The smallest absolute Gasteiger partial charge is 0.284 e. The zero-order chi connectivity index (χ0) is 27.0. The van der Waals surface area contributed by atoms with Crippen LogP contribution in [0.5, 0.6) is 5.75 Å². The van der Waals surface area contributed by atoms with Crippen molar-refractivity contribution in [3.8, 4) is 22.8 Å². The molecule has 0 spiro atoms. The standard InChI is InChI=1S/C29H34N6O3/c1-4-8-25-32-17(3)26-29(37)34(23-10-7-6-9-22(23)30)28(33-35(25)26)21-16-18(11-12-24(21)38-5-2)13-19-14-20(15-19)27(31)36/h6-7,9-12,16,19-20H,4-5,8,13-15,30H2,1-3H3,(H2,31,36). The van der Waals surface area contributed by atoms with Crippen LogP contribution in [0.15, 0.2) is 47.3 Å². The summed E-state index contributed by atoms with van der Waals surface area (Å²) in [5, 5.41) is 5.02. The van der Waals surface area contributed by atoms with Crippen molar-refractivity contribution in [1.29, 1.82) is 0 Å². The van der Waals surface area contributed by atoms with Gasteiger partial charge >= 0.3 is 0 Å². The van der Waals surface area contributed by atoms with Gasteiger partial charge in [-0.25, -0.2) is 9.50 Å². The number of anilines is 1. The third-order valence-electron chi connectivity index (χ3n) is 7.31. The summed E-state index contributed by atoms with van der Waals surface area (Å²) >= 11 is 0. The number of nitrogen functional groups attached to an aromatic ring is 1.